The number of benzene rings is 1. The van der Waals surface area contributed by atoms with E-state index in [0.29, 0.717) is 5.56 Å². The second-order valence-electron chi connectivity index (χ2n) is 5.39. The molecule has 2 aliphatic rings. The molecule has 21 heavy (non-hydrogen) atoms. The Bertz CT molecular complexity index is 627. The summed E-state index contributed by atoms with van der Waals surface area (Å²) in [5, 5.41) is 5.95. The van der Waals surface area contributed by atoms with Crippen LogP contribution < -0.4 is 10.6 Å². The van der Waals surface area contributed by atoms with Crippen LogP contribution in [0.4, 0.5) is 0 Å². The molecule has 0 saturated carbocycles. The molecule has 110 valence electrons. The van der Waals surface area contributed by atoms with E-state index in [9.17, 15) is 14.4 Å². The first-order valence-corrected chi connectivity index (χ1v) is 7.00. The van der Waals surface area contributed by atoms with Crippen molar-refractivity contribution in [1.82, 2.24) is 15.5 Å². The predicted octanol–water partition coefficient (Wildman–Crippen LogP) is -0.181. The fraction of sp³-hybridized carbons (Fsp3) is 0.400. The van der Waals surface area contributed by atoms with Gasteiger partial charge in [0.15, 0.2) is 0 Å². The highest BCUT2D eigenvalue weighted by Crippen LogP contribution is 2.19. The minimum atomic E-state index is -0.743. The zero-order valence-electron chi connectivity index (χ0n) is 11.8. The first-order chi connectivity index (χ1) is 10.1. The molecular weight excluding hydrogens is 270 g/mol. The maximum atomic E-state index is 12.4. The number of fused-ring (bicyclic) bond motifs is 1. The van der Waals surface area contributed by atoms with Crippen molar-refractivity contribution < 1.29 is 14.4 Å². The Morgan fingerprint density at radius 2 is 2.19 bits per heavy atom. The zero-order valence-corrected chi connectivity index (χ0v) is 11.8. The first kappa shape index (κ1) is 13.8. The van der Waals surface area contributed by atoms with Gasteiger partial charge in [-0.15, -0.1) is 0 Å². The van der Waals surface area contributed by atoms with Gasteiger partial charge < -0.3 is 10.6 Å². The lowest BCUT2D eigenvalue weighted by Gasteiger charge is -2.20. The molecule has 1 fully saturated rings. The van der Waals surface area contributed by atoms with Crippen molar-refractivity contribution in [3.05, 3.63) is 34.9 Å². The molecule has 0 radical (unpaired) electrons. The summed E-state index contributed by atoms with van der Waals surface area (Å²) in [6.07, 6.45) is 0.827. The first-order valence-electron chi connectivity index (χ1n) is 7.00. The molecule has 6 heteroatoms. The number of carbonyl (C=O) groups excluding carboxylic acids is 3. The minimum Gasteiger partial charge on any atom is -0.340 e. The summed E-state index contributed by atoms with van der Waals surface area (Å²) in [5.74, 6) is -0.889. The summed E-state index contributed by atoms with van der Waals surface area (Å²) in [7, 11) is 1.44. The number of hydrogen-bond donors (Lipinski definition) is 2. The molecule has 0 aromatic heterocycles. The SMILES string of the molecule is CN1C(=O)CC(NC(=O)c2cccc3c2CCNC3)C1=O. The van der Waals surface area contributed by atoms with Crippen molar-refractivity contribution in [1.29, 1.82) is 0 Å². The van der Waals surface area contributed by atoms with Gasteiger partial charge in [0.05, 0.1) is 6.42 Å². The van der Waals surface area contributed by atoms with Gasteiger partial charge in [0.1, 0.15) is 6.04 Å². The number of amides is 3. The van der Waals surface area contributed by atoms with Gasteiger partial charge in [0.2, 0.25) is 5.91 Å². The van der Waals surface area contributed by atoms with Crippen LogP contribution in [-0.4, -0.2) is 42.3 Å². The van der Waals surface area contributed by atoms with Crippen LogP contribution >= 0.6 is 0 Å². The van der Waals surface area contributed by atoms with E-state index in [4.69, 9.17) is 0 Å². The second-order valence-corrected chi connectivity index (χ2v) is 5.39. The van der Waals surface area contributed by atoms with Crippen LogP contribution in [-0.2, 0) is 22.6 Å². The third-order valence-corrected chi connectivity index (χ3v) is 4.07. The van der Waals surface area contributed by atoms with Gasteiger partial charge in [0.25, 0.3) is 11.8 Å². The molecule has 0 bridgehead atoms. The van der Waals surface area contributed by atoms with Crippen LogP contribution in [0.1, 0.15) is 27.9 Å². The van der Waals surface area contributed by atoms with Crippen LogP contribution in [0.5, 0.6) is 0 Å². The monoisotopic (exact) mass is 287 g/mol. The molecule has 1 aromatic rings. The van der Waals surface area contributed by atoms with E-state index < -0.39 is 6.04 Å². The van der Waals surface area contributed by atoms with E-state index in [-0.39, 0.29) is 24.1 Å². The quantitative estimate of drug-likeness (QED) is 0.740. The topological polar surface area (TPSA) is 78.5 Å². The Kier molecular flexibility index (Phi) is 3.47. The molecule has 0 aliphatic carbocycles. The largest absolute Gasteiger partial charge is 0.340 e. The van der Waals surface area contributed by atoms with E-state index in [2.05, 4.69) is 10.6 Å². The summed E-state index contributed by atoms with van der Waals surface area (Å²) in [5.41, 5.74) is 2.74. The van der Waals surface area contributed by atoms with Gasteiger partial charge in [-0.25, -0.2) is 0 Å². The van der Waals surface area contributed by atoms with Crippen LogP contribution in [0.15, 0.2) is 18.2 Å². The predicted molar refractivity (Wildman–Crippen MR) is 75.5 cm³/mol. The Morgan fingerprint density at radius 3 is 2.90 bits per heavy atom. The highest BCUT2D eigenvalue weighted by atomic mass is 16.2. The van der Waals surface area contributed by atoms with Crippen molar-refractivity contribution in [3.8, 4) is 0 Å². The normalized spacial score (nSPS) is 21.4. The Labute approximate surface area is 122 Å². The van der Waals surface area contributed by atoms with Crippen LogP contribution in [0.3, 0.4) is 0 Å². The number of hydrogen-bond acceptors (Lipinski definition) is 4. The van der Waals surface area contributed by atoms with Gasteiger partial charge in [-0.05, 0) is 30.2 Å². The highest BCUT2D eigenvalue weighted by molar-refractivity contribution is 6.08. The van der Waals surface area contributed by atoms with E-state index in [1.54, 1.807) is 6.07 Å². The Morgan fingerprint density at radius 1 is 1.38 bits per heavy atom. The van der Waals surface area contributed by atoms with Gasteiger partial charge in [-0.1, -0.05) is 12.1 Å². The summed E-state index contributed by atoms with van der Waals surface area (Å²) < 4.78 is 0. The lowest BCUT2D eigenvalue weighted by atomic mass is 9.95. The summed E-state index contributed by atoms with van der Waals surface area (Å²) in [4.78, 5) is 36.8. The molecule has 0 spiro atoms. The summed E-state index contributed by atoms with van der Waals surface area (Å²) >= 11 is 0. The fourth-order valence-electron chi connectivity index (χ4n) is 2.85. The summed E-state index contributed by atoms with van der Waals surface area (Å²) in [6.45, 7) is 1.58. The maximum Gasteiger partial charge on any atom is 0.252 e. The van der Waals surface area contributed by atoms with Crippen LogP contribution in [0.2, 0.25) is 0 Å². The average Bonchev–Trinajstić information content (AvgIpc) is 2.74. The molecule has 2 aliphatic heterocycles. The van der Waals surface area contributed by atoms with E-state index in [0.717, 1.165) is 35.5 Å². The van der Waals surface area contributed by atoms with Crippen molar-refractivity contribution in [2.24, 2.45) is 0 Å². The van der Waals surface area contributed by atoms with Crippen molar-refractivity contribution >= 4 is 17.7 Å². The van der Waals surface area contributed by atoms with Gasteiger partial charge in [-0.2, -0.15) is 0 Å². The molecule has 3 amide bonds. The lowest BCUT2D eigenvalue weighted by molar-refractivity contribution is -0.137. The average molecular weight is 287 g/mol. The van der Waals surface area contributed by atoms with E-state index >= 15 is 0 Å². The number of likely N-dealkylation sites (N-methyl/N-ethyl adjacent to an activating group) is 1. The Balaban J connectivity index is 1.81. The third kappa shape index (κ3) is 2.42. The molecule has 6 nitrogen and oxygen atoms in total. The maximum absolute atomic E-state index is 12.4. The van der Waals surface area contributed by atoms with Gasteiger partial charge >= 0.3 is 0 Å². The molecule has 2 heterocycles. The Hall–Kier alpha value is -2.21. The molecule has 1 aromatic carbocycles. The highest BCUT2D eigenvalue weighted by Gasteiger charge is 2.37. The van der Waals surface area contributed by atoms with Crippen molar-refractivity contribution in [3.63, 3.8) is 0 Å². The number of likely N-dealkylation sites (tertiary alicyclic amines) is 1. The third-order valence-electron chi connectivity index (χ3n) is 4.07. The molecule has 1 saturated heterocycles. The fourth-order valence-corrected chi connectivity index (χ4v) is 2.85. The standard InChI is InChI=1S/C15H17N3O3/c1-18-13(19)7-12(15(18)21)17-14(20)11-4-2-3-9-8-16-6-5-10(9)11/h2-4,12,16H,5-8H2,1H3,(H,17,20). The molecular formula is C15H17N3O3. The number of rotatable bonds is 2. The minimum absolute atomic E-state index is 0.0393. The second kappa shape index (κ2) is 5.29. The van der Waals surface area contributed by atoms with Crippen molar-refractivity contribution in [2.75, 3.05) is 13.6 Å². The number of nitrogens with zero attached hydrogens (tertiary/aromatic N) is 1. The number of carbonyl (C=O) groups is 3. The zero-order chi connectivity index (χ0) is 15.0. The smallest absolute Gasteiger partial charge is 0.252 e. The number of imide groups is 1. The molecule has 1 atom stereocenters. The number of nitrogens with one attached hydrogen (secondary N) is 2. The lowest BCUT2D eigenvalue weighted by Crippen LogP contribution is -2.41. The molecule has 2 N–H and O–H groups in total. The molecule has 1 unspecified atom stereocenters. The summed E-state index contributed by atoms with van der Waals surface area (Å²) in [6, 6.07) is 4.86. The van der Waals surface area contributed by atoms with E-state index in [1.165, 1.54) is 7.05 Å². The van der Waals surface area contributed by atoms with Gasteiger partial charge in [0, 0.05) is 19.2 Å². The molecule has 3 rings (SSSR count). The van der Waals surface area contributed by atoms with Crippen LogP contribution in [0.25, 0.3) is 0 Å². The van der Waals surface area contributed by atoms with E-state index in [1.807, 2.05) is 12.1 Å². The van der Waals surface area contributed by atoms with Gasteiger partial charge in [-0.3, -0.25) is 19.3 Å². The van der Waals surface area contributed by atoms with Crippen molar-refractivity contribution in [2.45, 2.75) is 25.4 Å². The van der Waals surface area contributed by atoms with Crippen LogP contribution in [0, 0.1) is 0 Å².